The van der Waals surface area contributed by atoms with Crippen molar-refractivity contribution in [1.29, 1.82) is 0 Å². The molecular formula is C16H22N2O3. The number of ether oxygens (including phenoxy) is 1. The van der Waals surface area contributed by atoms with Gasteiger partial charge in [-0.25, -0.2) is 4.79 Å². The van der Waals surface area contributed by atoms with Gasteiger partial charge in [-0.2, -0.15) is 0 Å². The van der Waals surface area contributed by atoms with Crippen LogP contribution in [0.15, 0.2) is 43.0 Å². The molecular weight excluding hydrogens is 268 g/mol. The predicted molar refractivity (Wildman–Crippen MR) is 81.5 cm³/mol. The van der Waals surface area contributed by atoms with Crippen LogP contribution in [0.2, 0.25) is 0 Å². The van der Waals surface area contributed by atoms with Gasteiger partial charge in [0.15, 0.2) is 0 Å². The van der Waals surface area contributed by atoms with Gasteiger partial charge in [-0.1, -0.05) is 36.4 Å². The van der Waals surface area contributed by atoms with Crippen LogP contribution in [0.5, 0.6) is 0 Å². The molecule has 5 nitrogen and oxygen atoms in total. The van der Waals surface area contributed by atoms with Crippen LogP contribution in [-0.4, -0.2) is 30.6 Å². The van der Waals surface area contributed by atoms with Crippen LogP contribution >= 0.6 is 0 Å². The Balaban J connectivity index is 2.59. The Kier molecular flexibility index (Phi) is 7.18. The van der Waals surface area contributed by atoms with Gasteiger partial charge in [0.25, 0.3) is 0 Å². The van der Waals surface area contributed by atoms with E-state index in [1.807, 2.05) is 30.3 Å². The first-order valence-electron chi connectivity index (χ1n) is 6.95. The molecule has 21 heavy (non-hydrogen) atoms. The van der Waals surface area contributed by atoms with Crippen molar-refractivity contribution in [3.05, 3.63) is 48.6 Å². The summed E-state index contributed by atoms with van der Waals surface area (Å²) in [6.45, 7) is 5.55. The van der Waals surface area contributed by atoms with Crippen molar-refractivity contribution in [1.82, 2.24) is 5.32 Å². The Morgan fingerprint density at radius 3 is 2.62 bits per heavy atom. The minimum Gasteiger partial charge on any atom is -0.464 e. The molecule has 0 saturated heterocycles. The Morgan fingerprint density at radius 2 is 2.05 bits per heavy atom. The van der Waals surface area contributed by atoms with E-state index in [-0.39, 0.29) is 12.5 Å². The van der Waals surface area contributed by atoms with Crippen molar-refractivity contribution in [3.8, 4) is 0 Å². The molecule has 0 aliphatic heterocycles. The van der Waals surface area contributed by atoms with Crippen LogP contribution in [0.3, 0.4) is 0 Å². The SMILES string of the molecule is C=CCC(NC(=O)C(N)Cc1ccccc1)C(=O)OCC. The molecule has 114 valence electrons. The second kappa shape index (κ2) is 8.92. The first kappa shape index (κ1) is 16.9. The molecule has 0 aliphatic carbocycles. The van der Waals surface area contributed by atoms with Crippen molar-refractivity contribution >= 4 is 11.9 Å². The summed E-state index contributed by atoms with van der Waals surface area (Å²) in [7, 11) is 0. The zero-order chi connectivity index (χ0) is 15.7. The molecule has 0 saturated carbocycles. The van der Waals surface area contributed by atoms with E-state index in [4.69, 9.17) is 10.5 Å². The van der Waals surface area contributed by atoms with E-state index in [0.29, 0.717) is 12.8 Å². The first-order valence-corrected chi connectivity index (χ1v) is 6.95. The largest absolute Gasteiger partial charge is 0.464 e. The number of amides is 1. The quantitative estimate of drug-likeness (QED) is 0.556. The molecule has 0 aliphatic rings. The molecule has 3 N–H and O–H groups in total. The fraction of sp³-hybridized carbons (Fsp3) is 0.375. The van der Waals surface area contributed by atoms with E-state index in [9.17, 15) is 9.59 Å². The minimum atomic E-state index is -0.739. The number of rotatable bonds is 8. The molecule has 5 heteroatoms. The average molecular weight is 290 g/mol. The van der Waals surface area contributed by atoms with Crippen LogP contribution in [0.25, 0.3) is 0 Å². The maximum Gasteiger partial charge on any atom is 0.328 e. The summed E-state index contributed by atoms with van der Waals surface area (Å²) in [4.78, 5) is 23.8. The average Bonchev–Trinajstić information content (AvgIpc) is 2.48. The van der Waals surface area contributed by atoms with Crippen LogP contribution < -0.4 is 11.1 Å². The van der Waals surface area contributed by atoms with E-state index in [2.05, 4.69) is 11.9 Å². The highest BCUT2D eigenvalue weighted by molar-refractivity contribution is 5.87. The summed E-state index contributed by atoms with van der Waals surface area (Å²) in [6.07, 6.45) is 2.28. The number of hydrogen-bond donors (Lipinski definition) is 2. The topological polar surface area (TPSA) is 81.4 Å². The summed E-state index contributed by atoms with van der Waals surface area (Å²) < 4.78 is 4.91. The van der Waals surface area contributed by atoms with Crippen LogP contribution in [-0.2, 0) is 20.7 Å². The van der Waals surface area contributed by atoms with Gasteiger partial charge >= 0.3 is 5.97 Å². The van der Waals surface area contributed by atoms with Crippen LogP contribution in [0, 0.1) is 0 Å². The monoisotopic (exact) mass is 290 g/mol. The lowest BCUT2D eigenvalue weighted by Crippen LogP contribution is -2.49. The van der Waals surface area contributed by atoms with Gasteiger partial charge in [-0.15, -0.1) is 6.58 Å². The van der Waals surface area contributed by atoms with Crippen molar-refractivity contribution in [3.63, 3.8) is 0 Å². The molecule has 1 aromatic rings. The van der Waals surface area contributed by atoms with E-state index in [1.165, 1.54) is 0 Å². The van der Waals surface area contributed by atoms with Crippen LogP contribution in [0.1, 0.15) is 18.9 Å². The van der Waals surface area contributed by atoms with Gasteiger partial charge in [0.05, 0.1) is 12.6 Å². The second-order valence-corrected chi connectivity index (χ2v) is 4.63. The summed E-state index contributed by atoms with van der Waals surface area (Å²) in [6, 6.07) is 8.03. The van der Waals surface area contributed by atoms with Crippen molar-refractivity contribution in [2.24, 2.45) is 5.73 Å². The molecule has 0 fully saturated rings. The van der Waals surface area contributed by atoms with E-state index in [1.54, 1.807) is 13.0 Å². The Morgan fingerprint density at radius 1 is 1.38 bits per heavy atom. The number of hydrogen-bond acceptors (Lipinski definition) is 4. The third-order valence-corrected chi connectivity index (χ3v) is 2.93. The van der Waals surface area contributed by atoms with Gasteiger partial charge in [0, 0.05) is 0 Å². The van der Waals surface area contributed by atoms with Crippen molar-refractivity contribution < 1.29 is 14.3 Å². The molecule has 2 atom stereocenters. The summed E-state index contributed by atoms with van der Waals surface area (Å²) in [5.41, 5.74) is 6.85. The van der Waals surface area contributed by atoms with Gasteiger partial charge < -0.3 is 15.8 Å². The van der Waals surface area contributed by atoms with Gasteiger partial charge in [-0.3, -0.25) is 4.79 Å². The zero-order valence-corrected chi connectivity index (χ0v) is 12.2. The number of carbonyl (C=O) groups excluding carboxylic acids is 2. The lowest BCUT2D eigenvalue weighted by molar-refractivity contribution is -0.147. The van der Waals surface area contributed by atoms with E-state index >= 15 is 0 Å². The number of esters is 1. The Labute approximate surface area is 125 Å². The van der Waals surface area contributed by atoms with E-state index < -0.39 is 18.1 Å². The van der Waals surface area contributed by atoms with Crippen molar-refractivity contribution in [2.75, 3.05) is 6.61 Å². The fourth-order valence-electron chi connectivity index (χ4n) is 1.86. The van der Waals surface area contributed by atoms with Gasteiger partial charge in [-0.05, 0) is 25.3 Å². The lowest BCUT2D eigenvalue weighted by Gasteiger charge is -2.18. The maximum absolute atomic E-state index is 12.1. The number of nitrogens with one attached hydrogen (secondary N) is 1. The number of nitrogens with two attached hydrogens (primary N) is 1. The molecule has 1 amide bonds. The smallest absolute Gasteiger partial charge is 0.328 e. The maximum atomic E-state index is 12.1. The van der Waals surface area contributed by atoms with Crippen LogP contribution in [0.4, 0.5) is 0 Å². The second-order valence-electron chi connectivity index (χ2n) is 4.63. The third kappa shape index (κ3) is 5.79. The molecule has 0 spiro atoms. The molecule has 0 bridgehead atoms. The molecule has 0 heterocycles. The third-order valence-electron chi connectivity index (χ3n) is 2.93. The van der Waals surface area contributed by atoms with E-state index in [0.717, 1.165) is 5.56 Å². The highest BCUT2D eigenvalue weighted by Gasteiger charge is 2.23. The normalized spacial score (nSPS) is 13.0. The fourth-order valence-corrected chi connectivity index (χ4v) is 1.86. The molecule has 0 radical (unpaired) electrons. The summed E-state index contributed by atoms with van der Waals surface area (Å²) in [5, 5.41) is 2.61. The number of carbonyl (C=O) groups is 2. The van der Waals surface area contributed by atoms with Gasteiger partial charge in [0.2, 0.25) is 5.91 Å². The first-order chi connectivity index (χ1) is 10.1. The number of benzene rings is 1. The summed E-state index contributed by atoms with van der Waals surface area (Å²) >= 11 is 0. The van der Waals surface area contributed by atoms with Gasteiger partial charge in [0.1, 0.15) is 6.04 Å². The Hall–Kier alpha value is -2.14. The predicted octanol–water partition coefficient (Wildman–Crippen LogP) is 1.18. The Bertz CT molecular complexity index is 474. The molecule has 1 rings (SSSR count). The summed E-state index contributed by atoms with van der Waals surface area (Å²) in [5.74, 6) is -0.851. The highest BCUT2D eigenvalue weighted by atomic mass is 16.5. The highest BCUT2D eigenvalue weighted by Crippen LogP contribution is 2.03. The minimum absolute atomic E-state index is 0.262. The molecule has 2 unspecified atom stereocenters. The van der Waals surface area contributed by atoms with Crippen molar-refractivity contribution in [2.45, 2.75) is 31.8 Å². The zero-order valence-electron chi connectivity index (χ0n) is 12.2. The molecule has 0 aromatic heterocycles. The standard InChI is InChI=1S/C16H22N2O3/c1-3-8-14(16(20)21-4-2)18-15(19)13(17)11-12-9-6-5-7-10-12/h3,5-7,9-10,13-14H,1,4,8,11,17H2,2H3,(H,18,19). The molecule has 1 aromatic carbocycles. The lowest BCUT2D eigenvalue weighted by atomic mass is 10.1.